The lowest BCUT2D eigenvalue weighted by Gasteiger charge is -2.12. The number of halogens is 1. The van der Waals surface area contributed by atoms with Crippen molar-refractivity contribution in [2.75, 3.05) is 13.2 Å². The summed E-state index contributed by atoms with van der Waals surface area (Å²) >= 11 is 6.00. The highest BCUT2D eigenvalue weighted by Crippen LogP contribution is 2.26. The van der Waals surface area contributed by atoms with Crippen molar-refractivity contribution in [3.8, 4) is 0 Å². The number of nitrogens with zero attached hydrogens (tertiary/aromatic N) is 4. The van der Waals surface area contributed by atoms with Crippen LogP contribution in [-0.4, -0.2) is 68.7 Å². The van der Waals surface area contributed by atoms with E-state index in [2.05, 4.69) is 15.0 Å². The lowest BCUT2D eigenvalue weighted by atomic mass is 10.0. The van der Waals surface area contributed by atoms with Gasteiger partial charge in [-0.3, -0.25) is 4.79 Å². The summed E-state index contributed by atoms with van der Waals surface area (Å²) in [6.45, 7) is 5.24. The van der Waals surface area contributed by atoms with Crippen LogP contribution in [0.4, 0.5) is 0 Å². The summed E-state index contributed by atoms with van der Waals surface area (Å²) in [6, 6.07) is 0. The van der Waals surface area contributed by atoms with E-state index in [-0.39, 0.29) is 22.9 Å². The Morgan fingerprint density at radius 2 is 1.43 bits per heavy atom. The van der Waals surface area contributed by atoms with Crippen molar-refractivity contribution in [1.29, 1.82) is 0 Å². The Balaban J connectivity index is 1.56. The Bertz CT molecular complexity index is 1160. The molecule has 0 aliphatic heterocycles. The molecule has 228 valence electrons. The maximum absolute atomic E-state index is 12.9. The molecule has 2 rings (SSSR count). The first kappa shape index (κ1) is 34.4. The number of hydrogen-bond acceptors (Lipinski definition) is 9. The SMILES string of the molecule is Cc1nc2nc(Cl)nc(S(=O)(=O)C(C)C)c2n1CCCCCCCCCCCCCCCC(=O)OC[C@@H](O)CO. The monoisotopic (exact) mass is 602 g/mol. The number of ether oxygens (including phenoxy) is 1. The summed E-state index contributed by atoms with van der Waals surface area (Å²) in [7, 11) is -3.63. The van der Waals surface area contributed by atoms with E-state index in [0.717, 1.165) is 38.5 Å². The molecule has 2 N–H and O–H groups in total. The molecule has 0 aliphatic carbocycles. The molecule has 0 fully saturated rings. The number of aliphatic hydroxyl groups is 2. The number of rotatable bonds is 21. The van der Waals surface area contributed by atoms with Crippen molar-refractivity contribution < 1.29 is 28.2 Å². The predicted molar refractivity (Wildman–Crippen MR) is 156 cm³/mol. The Labute approximate surface area is 243 Å². The second-order valence-electron chi connectivity index (χ2n) is 10.7. The number of esters is 1. The van der Waals surface area contributed by atoms with Gasteiger partial charge in [-0.1, -0.05) is 70.6 Å². The largest absolute Gasteiger partial charge is 0.463 e. The maximum Gasteiger partial charge on any atom is 0.305 e. The van der Waals surface area contributed by atoms with Crippen molar-refractivity contribution in [3.63, 3.8) is 0 Å². The number of sulfone groups is 1. The zero-order valence-electron chi connectivity index (χ0n) is 24.3. The van der Waals surface area contributed by atoms with Crippen LogP contribution >= 0.6 is 11.6 Å². The molecule has 2 heterocycles. The fourth-order valence-corrected chi connectivity index (χ4v) is 5.93. The van der Waals surface area contributed by atoms with Crippen molar-refractivity contribution >= 4 is 38.6 Å². The van der Waals surface area contributed by atoms with Gasteiger partial charge in [-0.15, -0.1) is 0 Å². The zero-order chi connectivity index (χ0) is 29.5. The smallest absolute Gasteiger partial charge is 0.305 e. The molecule has 12 heteroatoms. The molecular weight excluding hydrogens is 556 g/mol. The molecule has 0 radical (unpaired) electrons. The Morgan fingerprint density at radius 3 is 1.95 bits per heavy atom. The first-order valence-electron chi connectivity index (χ1n) is 14.7. The zero-order valence-corrected chi connectivity index (χ0v) is 25.9. The van der Waals surface area contributed by atoms with Crippen molar-refractivity contribution in [2.45, 2.75) is 134 Å². The van der Waals surface area contributed by atoms with E-state index in [4.69, 9.17) is 26.6 Å². The van der Waals surface area contributed by atoms with E-state index in [1.165, 1.54) is 44.9 Å². The lowest BCUT2D eigenvalue weighted by molar-refractivity contribution is -0.147. The molecule has 1 atom stereocenters. The average molecular weight is 603 g/mol. The number of imidazole rings is 1. The van der Waals surface area contributed by atoms with Gasteiger partial charge < -0.3 is 19.5 Å². The number of aryl methyl sites for hydroxylation is 2. The second-order valence-corrected chi connectivity index (χ2v) is 13.5. The fourth-order valence-electron chi connectivity index (χ4n) is 4.58. The molecule has 10 nitrogen and oxygen atoms in total. The standard InChI is InChI=1S/C28H47ClN4O6S/c1-21(2)40(37,38)27-25-26(31-28(29)32-27)30-22(3)33(25)18-16-14-12-10-8-6-4-5-7-9-11-13-15-17-24(36)39-20-23(35)19-34/h21,23,34-35H,4-20H2,1-3H3/t23-/m0/s1. The number of unbranched alkanes of at least 4 members (excludes halogenated alkanes) is 12. The molecular formula is C28H47ClN4O6S. The van der Waals surface area contributed by atoms with Crippen LogP contribution in [0.2, 0.25) is 5.28 Å². The van der Waals surface area contributed by atoms with Crippen LogP contribution in [0, 0.1) is 6.92 Å². The van der Waals surface area contributed by atoms with Gasteiger partial charge in [0.1, 0.15) is 24.1 Å². The van der Waals surface area contributed by atoms with Crippen molar-refractivity contribution in [3.05, 3.63) is 11.1 Å². The third-order valence-corrected chi connectivity index (χ3v) is 9.27. The van der Waals surface area contributed by atoms with Crippen molar-refractivity contribution in [1.82, 2.24) is 19.5 Å². The Morgan fingerprint density at radius 1 is 0.900 bits per heavy atom. The highest BCUT2D eigenvalue weighted by atomic mass is 35.5. The quantitative estimate of drug-likeness (QED) is 0.0838. The summed E-state index contributed by atoms with van der Waals surface area (Å²) in [5.74, 6) is 0.397. The summed E-state index contributed by atoms with van der Waals surface area (Å²) in [5, 5.41) is 17.1. The fraction of sp³-hybridized carbons (Fsp3) is 0.786. The highest BCUT2D eigenvalue weighted by Gasteiger charge is 2.28. The molecule has 0 saturated carbocycles. The summed E-state index contributed by atoms with van der Waals surface area (Å²) < 4.78 is 32.6. The number of aliphatic hydroxyl groups excluding tert-OH is 2. The van der Waals surface area contributed by atoms with E-state index in [1.807, 2.05) is 11.5 Å². The summed E-state index contributed by atoms with van der Waals surface area (Å²) in [4.78, 5) is 24.2. The van der Waals surface area contributed by atoms with Crippen LogP contribution in [0.1, 0.15) is 110 Å². The van der Waals surface area contributed by atoms with Crippen LogP contribution in [0.25, 0.3) is 11.2 Å². The van der Waals surface area contributed by atoms with Gasteiger partial charge in [0, 0.05) is 13.0 Å². The van der Waals surface area contributed by atoms with Gasteiger partial charge in [-0.2, -0.15) is 4.98 Å². The van der Waals surface area contributed by atoms with Gasteiger partial charge in [0.2, 0.25) is 5.28 Å². The molecule has 40 heavy (non-hydrogen) atoms. The van der Waals surface area contributed by atoms with E-state index in [9.17, 15) is 13.2 Å². The van der Waals surface area contributed by atoms with Gasteiger partial charge in [-0.05, 0) is 45.2 Å². The highest BCUT2D eigenvalue weighted by molar-refractivity contribution is 7.92. The molecule has 0 amide bonds. The summed E-state index contributed by atoms with van der Waals surface area (Å²) in [6.07, 6.45) is 14.0. The normalized spacial score (nSPS) is 12.9. The van der Waals surface area contributed by atoms with E-state index < -0.39 is 27.8 Å². The van der Waals surface area contributed by atoms with Crippen LogP contribution in [0.5, 0.6) is 0 Å². The molecule has 0 aromatic carbocycles. The van der Waals surface area contributed by atoms with E-state index >= 15 is 0 Å². The van der Waals surface area contributed by atoms with Crippen LogP contribution in [-0.2, 0) is 25.9 Å². The number of carbonyl (C=O) groups is 1. The number of fused-ring (bicyclic) bond motifs is 1. The molecule has 0 aliphatic rings. The molecule has 0 saturated heterocycles. The van der Waals surface area contributed by atoms with E-state index in [1.54, 1.807) is 13.8 Å². The Kier molecular flexibility index (Phi) is 15.4. The lowest BCUT2D eigenvalue weighted by Crippen LogP contribution is -2.21. The molecule has 0 unspecified atom stereocenters. The minimum Gasteiger partial charge on any atom is -0.463 e. The number of hydrogen-bond donors (Lipinski definition) is 2. The molecule has 0 spiro atoms. The first-order chi connectivity index (χ1) is 19.1. The molecule has 2 aromatic rings. The third kappa shape index (κ3) is 11.2. The number of aromatic nitrogens is 4. The second kappa shape index (κ2) is 17.9. The van der Waals surface area contributed by atoms with Gasteiger partial charge in [-0.25, -0.2) is 18.4 Å². The van der Waals surface area contributed by atoms with Gasteiger partial charge in [0.15, 0.2) is 20.5 Å². The minimum atomic E-state index is -3.63. The first-order valence-corrected chi connectivity index (χ1v) is 16.6. The van der Waals surface area contributed by atoms with Crippen LogP contribution < -0.4 is 0 Å². The number of carbonyl (C=O) groups excluding carboxylic acids is 1. The van der Waals surface area contributed by atoms with E-state index in [0.29, 0.717) is 30.0 Å². The predicted octanol–water partition coefficient (Wildman–Crippen LogP) is 5.33. The van der Waals surface area contributed by atoms with Crippen LogP contribution in [0.15, 0.2) is 5.03 Å². The third-order valence-electron chi connectivity index (χ3n) is 7.03. The van der Waals surface area contributed by atoms with Gasteiger partial charge in [0.05, 0.1) is 11.9 Å². The Hall–Kier alpha value is -1.82. The summed E-state index contributed by atoms with van der Waals surface area (Å²) in [5.41, 5.74) is 0.779. The van der Waals surface area contributed by atoms with Gasteiger partial charge >= 0.3 is 5.97 Å². The topological polar surface area (TPSA) is 144 Å². The average Bonchev–Trinajstić information content (AvgIpc) is 3.22. The van der Waals surface area contributed by atoms with Crippen molar-refractivity contribution in [2.24, 2.45) is 0 Å². The molecule has 0 bridgehead atoms. The van der Waals surface area contributed by atoms with Gasteiger partial charge in [0.25, 0.3) is 0 Å². The molecule has 2 aromatic heterocycles. The maximum atomic E-state index is 12.9. The minimum absolute atomic E-state index is 0.0327. The van der Waals surface area contributed by atoms with Crippen LogP contribution in [0.3, 0.4) is 0 Å².